The second-order valence-electron chi connectivity index (χ2n) is 3.30. The first-order chi connectivity index (χ1) is 7.22. The first kappa shape index (κ1) is 12.5. The van der Waals surface area contributed by atoms with Crippen LogP contribution in [-0.4, -0.2) is 36.2 Å². The van der Waals surface area contributed by atoms with Gasteiger partial charge in [-0.05, 0) is 31.0 Å². The number of nitrogens with one attached hydrogen (secondary N) is 1. The Labute approximate surface area is 94.5 Å². The molecule has 1 aromatic carbocycles. The quantitative estimate of drug-likeness (QED) is 0.657. The van der Waals surface area contributed by atoms with Crippen LogP contribution in [0.15, 0.2) is 29.2 Å². The average Bonchev–Trinajstić information content (AvgIpc) is 2.30. The summed E-state index contributed by atoms with van der Waals surface area (Å²) in [5.41, 5.74) is 0.821. The SMILES string of the molecule is CN[C@@H](CO)[C@@H](O)c1ccc(SC)cc1. The number of thioether (sulfide) groups is 1. The molecule has 0 saturated carbocycles. The Hall–Kier alpha value is -0.550. The van der Waals surface area contributed by atoms with E-state index in [1.807, 2.05) is 30.5 Å². The highest BCUT2D eigenvalue weighted by Crippen LogP contribution is 2.20. The summed E-state index contributed by atoms with van der Waals surface area (Å²) < 4.78 is 0. The second kappa shape index (κ2) is 6.12. The Morgan fingerprint density at radius 2 is 1.93 bits per heavy atom. The summed E-state index contributed by atoms with van der Waals surface area (Å²) in [5.74, 6) is 0. The molecule has 0 aliphatic heterocycles. The van der Waals surface area contributed by atoms with Crippen LogP contribution in [0.1, 0.15) is 11.7 Å². The largest absolute Gasteiger partial charge is 0.395 e. The monoisotopic (exact) mass is 227 g/mol. The molecule has 3 N–H and O–H groups in total. The summed E-state index contributed by atoms with van der Waals surface area (Å²) in [4.78, 5) is 1.16. The Bertz CT molecular complexity index is 285. The van der Waals surface area contributed by atoms with E-state index in [0.717, 1.165) is 10.5 Å². The van der Waals surface area contributed by atoms with Crippen molar-refractivity contribution >= 4 is 11.8 Å². The normalized spacial score (nSPS) is 14.9. The minimum atomic E-state index is -0.670. The lowest BCUT2D eigenvalue weighted by molar-refractivity contribution is 0.0942. The van der Waals surface area contributed by atoms with Gasteiger partial charge in [-0.15, -0.1) is 11.8 Å². The van der Waals surface area contributed by atoms with E-state index in [4.69, 9.17) is 5.11 Å². The maximum Gasteiger partial charge on any atom is 0.0965 e. The summed E-state index contributed by atoms with van der Waals surface area (Å²) in [6.45, 7) is -0.0814. The smallest absolute Gasteiger partial charge is 0.0965 e. The van der Waals surface area contributed by atoms with Crippen LogP contribution >= 0.6 is 11.8 Å². The zero-order valence-electron chi connectivity index (χ0n) is 8.97. The summed E-state index contributed by atoms with van der Waals surface area (Å²) in [6.07, 6.45) is 1.34. The third-order valence-corrected chi connectivity index (χ3v) is 3.15. The van der Waals surface area contributed by atoms with Crippen LogP contribution in [0.3, 0.4) is 0 Å². The molecule has 0 fully saturated rings. The number of benzene rings is 1. The standard InChI is InChI=1S/C11H17NO2S/c1-12-10(7-13)11(14)8-3-5-9(15-2)6-4-8/h3-6,10-14H,7H2,1-2H3/t10-,11-/m0/s1. The molecule has 0 aliphatic carbocycles. The maximum atomic E-state index is 9.91. The van der Waals surface area contributed by atoms with Gasteiger partial charge in [0, 0.05) is 4.90 Å². The summed E-state index contributed by atoms with van der Waals surface area (Å²) in [6, 6.07) is 7.39. The molecule has 0 aromatic heterocycles. The molecule has 1 aromatic rings. The molecule has 0 bridgehead atoms. The van der Waals surface area contributed by atoms with Crippen molar-refractivity contribution in [3.8, 4) is 0 Å². The minimum absolute atomic E-state index is 0.0814. The number of likely N-dealkylation sites (N-methyl/N-ethyl adjacent to an activating group) is 1. The third-order valence-electron chi connectivity index (χ3n) is 2.41. The van der Waals surface area contributed by atoms with E-state index in [1.54, 1.807) is 18.8 Å². The molecular weight excluding hydrogens is 210 g/mol. The van der Waals surface area contributed by atoms with Crippen LogP contribution in [0.2, 0.25) is 0 Å². The van der Waals surface area contributed by atoms with E-state index < -0.39 is 6.10 Å². The Kier molecular flexibility index (Phi) is 5.11. The van der Waals surface area contributed by atoms with Gasteiger partial charge in [-0.2, -0.15) is 0 Å². The van der Waals surface area contributed by atoms with E-state index in [-0.39, 0.29) is 12.6 Å². The fraction of sp³-hybridized carbons (Fsp3) is 0.455. The van der Waals surface area contributed by atoms with Gasteiger partial charge in [0.1, 0.15) is 0 Å². The van der Waals surface area contributed by atoms with E-state index in [1.165, 1.54) is 0 Å². The Morgan fingerprint density at radius 1 is 1.33 bits per heavy atom. The van der Waals surface area contributed by atoms with Crippen LogP contribution in [0.25, 0.3) is 0 Å². The van der Waals surface area contributed by atoms with Gasteiger partial charge in [-0.1, -0.05) is 12.1 Å². The number of aliphatic hydroxyl groups excluding tert-OH is 2. The molecule has 0 heterocycles. The lowest BCUT2D eigenvalue weighted by atomic mass is 10.0. The molecule has 0 amide bonds. The van der Waals surface area contributed by atoms with Crippen molar-refractivity contribution in [2.45, 2.75) is 17.0 Å². The summed E-state index contributed by atoms with van der Waals surface area (Å²) in [7, 11) is 1.72. The van der Waals surface area contributed by atoms with Crippen molar-refractivity contribution in [1.29, 1.82) is 0 Å². The molecular formula is C11H17NO2S. The molecule has 3 nitrogen and oxygen atoms in total. The second-order valence-corrected chi connectivity index (χ2v) is 4.18. The molecule has 0 radical (unpaired) electrons. The zero-order valence-corrected chi connectivity index (χ0v) is 9.79. The van der Waals surface area contributed by atoms with Gasteiger partial charge >= 0.3 is 0 Å². The zero-order chi connectivity index (χ0) is 11.3. The van der Waals surface area contributed by atoms with Crippen LogP contribution in [0.4, 0.5) is 0 Å². The van der Waals surface area contributed by atoms with Gasteiger partial charge in [-0.25, -0.2) is 0 Å². The van der Waals surface area contributed by atoms with Gasteiger partial charge in [0.25, 0.3) is 0 Å². The van der Waals surface area contributed by atoms with Gasteiger partial charge in [-0.3, -0.25) is 0 Å². The van der Waals surface area contributed by atoms with Crippen LogP contribution < -0.4 is 5.32 Å². The fourth-order valence-corrected chi connectivity index (χ4v) is 1.79. The molecule has 0 unspecified atom stereocenters. The summed E-state index contributed by atoms with van der Waals surface area (Å²) in [5, 5.41) is 21.8. The molecule has 0 saturated heterocycles. The first-order valence-electron chi connectivity index (χ1n) is 4.83. The lowest BCUT2D eigenvalue weighted by Gasteiger charge is -2.20. The summed E-state index contributed by atoms with van der Waals surface area (Å²) >= 11 is 1.66. The average molecular weight is 227 g/mol. The highest BCUT2D eigenvalue weighted by molar-refractivity contribution is 7.98. The van der Waals surface area contributed by atoms with Crippen molar-refractivity contribution in [2.75, 3.05) is 19.9 Å². The number of rotatable bonds is 5. The van der Waals surface area contributed by atoms with Crippen LogP contribution in [0, 0.1) is 0 Å². The third kappa shape index (κ3) is 3.21. The molecule has 1 rings (SSSR count). The van der Waals surface area contributed by atoms with Crippen molar-refractivity contribution in [2.24, 2.45) is 0 Å². The van der Waals surface area contributed by atoms with E-state index in [9.17, 15) is 5.11 Å². The molecule has 15 heavy (non-hydrogen) atoms. The van der Waals surface area contributed by atoms with Gasteiger partial charge in [0.15, 0.2) is 0 Å². The fourth-order valence-electron chi connectivity index (χ4n) is 1.38. The first-order valence-corrected chi connectivity index (χ1v) is 6.05. The van der Waals surface area contributed by atoms with Crippen LogP contribution in [-0.2, 0) is 0 Å². The predicted octanol–water partition coefficient (Wildman–Crippen LogP) is 1.02. The number of hydrogen-bond donors (Lipinski definition) is 3. The lowest BCUT2D eigenvalue weighted by Crippen LogP contribution is -2.35. The van der Waals surface area contributed by atoms with E-state index in [2.05, 4.69) is 5.32 Å². The van der Waals surface area contributed by atoms with Gasteiger partial charge in [0.05, 0.1) is 18.8 Å². The maximum absolute atomic E-state index is 9.91. The van der Waals surface area contributed by atoms with Crippen molar-refractivity contribution in [3.05, 3.63) is 29.8 Å². The van der Waals surface area contributed by atoms with Crippen molar-refractivity contribution in [3.63, 3.8) is 0 Å². The minimum Gasteiger partial charge on any atom is -0.395 e. The number of hydrogen-bond acceptors (Lipinski definition) is 4. The highest BCUT2D eigenvalue weighted by Gasteiger charge is 2.17. The van der Waals surface area contributed by atoms with E-state index in [0.29, 0.717) is 0 Å². The molecule has 84 valence electrons. The van der Waals surface area contributed by atoms with Gasteiger partial charge in [0.2, 0.25) is 0 Å². The molecule has 2 atom stereocenters. The molecule has 0 spiro atoms. The molecule has 4 heteroatoms. The van der Waals surface area contributed by atoms with Gasteiger partial charge < -0.3 is 15.5 Å². The Morgan fingerprint density at radius 3 is 2.33 bits per heavy atom. The van der Waals surface area contributed by atoms with E-state index >= 15 is 0 Å². The van der Waals surface area contributed by atoms with Crippen molar-refractivity contribution < 1.29 is 10.2 Å². The van der Waals surface area contributed by atoms with Crippen LogP contribution in [0.5, 0.6) is 0 Å². The highest BCUT2D eigenvalue weighted by atomic mass is 32.2. The topological polar surface area (TPSA) is 52.5 Å². The number of aliphatic hydroxyl groups is 2. The molecule has 0 aliphatic rings. The Balaban J connectivity index is 2.76. The predicted molar refractivity (Wildman–Crippen MR) is 63.1 cm³/mol. The van der Waals surface area contributed by atoms with Crippen molar-refractivity contribution in [1.82, 2.24) is 5.32 Å².